The van der Waals surface area contributed by atoms with Gasteiger partial charge in [-0.1, -0.05) is 31.0 Å². The Labute approximate surface area is 164 Å². The Balaban J connectivity index is 1.78. The summed E-state index contributed by atoms with van der Waals surface area (Å²) in [5.41, 5.74) is 5.04. The van der Waals surface area contributed by atoms with E-state index in [9.17, 15) is 14.4 Å². The van der Waals surface area contributed by atoms with Gasteiger partial charge in [-0.05, 0) is 25.0 Å². The van der Waals surface area contributed by atoms with Crippen molar-refractivity contribution in [3.05, 3.63) is 30.3 Å². The summed E-state index contributed by atoms with van der Waals surface area (Å²) in [4.78, 5) is 34.7. The number of nitrogens with one attached hydrogen (secondary N) is 1. The van der Waals surface area contributed by atoms with Gasteiger partial charge in [0.15, 0.2) is 6.61 Å². The molecule has 1 fully saturated rings. The van der Waals surface area contributed by atoms with Crippen LogP contribution in [0.2, 0.25) is 0 Å². The predicted octanol–water partition coefficient (Wildman–Crippen LogP) is 1.32. The minimum Gasteiger partial charge on any atom is -0.482 e. The number of carbonyl (C=O) groups is 3. The van der Waals surface area contributed by atoms with E-state index in [0.29, 0.717) is 5.75 Å². The van der Waals surface area contributed by atoms with E-state index in [1.807, 2.05) is 6.07 Å². The second-order valence-corrected chi connectivity index (χ2v) is 6.72. The molecule has 3 N–H and O–H groups in total. The molecule has 0 aliphatic heterocycles. The fraction of sp³-hybridized carbons (Fsp3) is 0.550. The smallest absolute Gasteiger partial charge is 0.344 e. The third-order valence-corrected chi connectivity index (χ3v) is 4.34. The van der Waals surface area contributed by atoms with Gasteiger partial charge in [0, 0.05) is 12.8 Å². The highest BCUT2D eigenvalue weighted by Gasteiger charge is 2.21. The van der Waals surface area contributed by atoms with Crippen LogP contribution in [0.5, 0.6) is 5.75 Å². The molecule has 0 aromatic heterocycles. The molecule has 0 bridgehead atoms. The van der Waals surface area contributed by atoms with Gasteiger partial charge in [-0.25, -0.2) is 4.79 Å². The van der Waals surface area contributed by atoms with Crippen molar-refractivity contribution in [2.75, 3.05) is 19.8 Å². The Morgan fingerprint density at radius 1 is 1.11 bits per heavy atom. The number of benzene rings is 1. The lowest BCUT2D eigenvalue weighted by molar-refractivity contribution is -0.156. The standard InChI is InChI=1S/C20H28N2O6/c21-18(23)10-11-19(24)22-12-17(13-26-15-8-4-5-9-15)28-20(25)14-27-16-6-2-1-3-7-16/h1-3,6-7,15,17H,4-5,8-14H2,(H2,21,23)(H,22,24). The van der Waals surface area contributed by atoms with E-state index in [1.165, 1.54) is 0 Å². The van der Waals surface area contributed by atoms with Crippen molar-refractivity contribution in [2.24, 2.45) is 5.73 Å². The lowest BCUT2D eigenvalue weighted by Gasteiger charge is -2.21. The van der Waals surface area contributed by atoms with E-state index in [-0.39, 0.29) is 44.6 Å². The molecule has 2 rings (SSSR count). The zero-order chi connectivity index (χ0) is 20.2. The fourth-order valence-electron chi connectivity index (χ4n) is 2.86. The molecule has 8 nitrogen and oxygen atoms in total. The molecule has 1 atom stereocenters. The first-order valence-electron chi connectivity index (χ1n) is 9.57. The molecule has 1 aliphatic rings. The Morgan fingerprint density at radius 3 is 2.50 bits per heavy atom. The molecule has 8 heteroatoms. The molecule has 2 amide bonds. The number of esters is 1. The van der Waals surface area contributed by atoms with Gasteiger partial charge in [0.2, 0.25) is 11.8 Å². The van der Waals surface area contributed by atoms with E-state index in [4.69, 9.17) is 19.9 Å². The zero-order valence-electron chi connectivity index (χ0n) is 15.9. The van der Waals surface area contributed by atoms with Crippen LogP contribution in [-0.4, -0.2) is 49.8 Å². The van der Waals surface area contributed by atoms with Gasteiger partial charge in [0.05, 0.1) is 19.3 Å². The van der Waals surface area contributed by atoms with E-state index in [0.717, 1.165) is 25.7 Å². The van der Waals surface area contributed by atoms with Crippen LogP contribution in [0.15, 0.2) is 30.3 Å². The maximum atomic E-state index is 12.1. The molecule has 28 heavy (non-hydrogen) atoms. The summed E-state index contributed by atoms with van der Waals surface area (Å²) in [6, 6.07) is 8.95. The molecule has 1 aromatic rings. The number of nitrogens with two attached hydrogens (primary N) is 1. The third kappa shape index (κ3) is 8.85. The molecular weight excluding hydrogens is 364 g/mol. The van der Waals surface area contributed by atoms with Gasteiger partial charge in [-0.15, -0.1) is 0 Å². The Hall–Kier alpha value is -2.61. The quantitative estimate of drug-likeness (QED) is 0.518. The van der Waals surface area contributed by atoms with Crippen molar-refractivity contribution < 1.29 is 28.6 Å². The lowest BCUT2D eigenvalue weighted by Crippen LogP contribution is -2.39. The van der Waals surface area contributed by atoms with Crippen molar-refractivity contribution >= 4 is 17.8 Å². The van der Waals surface area contributed by atoms with Crippen LogP contribution in [0.25, 0.3) is 0 Å². The SMILES string of the molecule is NC(=O)CCC(=O)NCC(COC1CCCC1)OC(=O)COc1ccccc1. The molecule has 154 valence electrons. The van der Waals surface area contributed by atoms with Crippen LogP contribution in [0.3, 0.4) is 0 Å². The van der Waals surface area contributed by atoms with Crippen molar-refractivity contribution in [1.82, 2.24) is 5.32 Å². The first kappa shape index (κ1) is 21.7. The summed E-state index contributed by atoms with van der Waals surface area (Å²) in [6.07, 6.45) is 3.73. The van der Waals surface area contributed by atoms with E-state index < -0.39 is 18.0 Å². The number of carbonyl (C=O) groups excluding carboxylic acids is 3. The van der Waals surface area contributed by atoms with Gasteiger partial charge in [-0.2, -0.15) is 0 Å². The van der Waals surface area contributed by atoms with Crippen LogP contribution >= 0.6 is 0 Å². The molecule has 1 saturated carbocycles. The van der Waals surface area contributed by atoms with Gasteiger partial charge in [0.1, 0.15) is 11.9 Å². The Bertz CT molecular complexity index is 631. The number of rotatable bonds is 12. The van der Waals surface area contributed by atoms with E-state index in [1.54, 1.807) is 24.3 Å². The minimum atomic E-state index is -0.634. The lowest BCUT2D eigenvalue weighted by atomic mass is 10.2. The zero-order valence-corrected chi connectivity index (χ0v) is 15.9. The summed E-state index contributed by atoms with van der Waals surface area (Å²) in [7, 11) is 0. The molecule has 0 radical (unpaired) electrons. The highest BCUT2D eigenvalue weighted by molar-refractivity contribution is 5.82. The molecule has 0 spiro atoms. The Kier molecular flexibility index (Phi) is 9.27. The van der Waals surface area contributed by atoms with Crippen molar-refractivity contribution in [2.45, 2.75) is 50.7 Å². The highest BCUT2D eigenvalue weighted by Crippen LogP contribution is 2.21. The van der Waals surface area contributed by atoms with Crippen LogP contribution in [0.1, 0.15) is 38.5 Å². The second kappa shape index (κ2) is 12.0. The average Bonchev–Trinajstić information content (AvgIpc) is 3.21. The first-order valence-corrected chi connectivity index (χ1v) is 9.57. The summed E-state index contributed by atoms with van der Waals surface area (Å²) < 4.78 is 16.6. The van der Waals surface area contributed by atoms with Crippen molar-refractivity contribution in [3.63, 3.8) is 0 Å². The maximum absolute atomic E-state index is 12.1. The van der Waals surface area contributed by atoms with Crippen molar-refractivity contribution in [3.8, 4) is 5.75 Å². The number of amides is 2. The monoisotopic (exact) mass is 392 g/mol. The second-order valence-electron chi connectivity index (χ2n) is 6.72. The summed E-state index contributed by atoms with van der Waals surface area (Å²) in [6.45, 7) is 0.0544. The van der Waals surface area contributed by atoms with E-state index >= 15 is 0 Å². The Morgan fingerprint density at radius 2 is 1.82 bits per heavy atom. The third-order valence-electron chi connectivity index (χ3n) is 4.34. The normalized spacial score (nSPS) is 15.0. The molecular formula is C20H28N2O6. The van der Waals surface area contributed by atoms with E-state index in [2.05, 4.69) is 5.32 Å². The molecule has 0 heterocycles. The number of ether oxygens (including phenoxy) is 3. The summed E-state index contributed by atoms with van der Waals surface area (Å²) in [5, 5.41) is 2.65. The van der Waals surface area contributed by atoms with Gasteiger partial charge >= 0.3 is 5.97 Å². The topological polar surface area (TPSA) is 117 Å². The minimum absolute atomic E-state index is 0.00337. The average molecular weight is 392 g/mol. The molecule has 1 unspecified atom stereocenters. The summed E-state index contributed by atoms with van der Waals surface area (Å²) >= 11 is 0. The first-order chi connectivity index (χ1) is 13.5. The van der Waals surface area contributed by atoms with Crippen LogP contribution in [0.4, 0.5) is 0 Å². The van der Waals surface area contributed by atoms with Crippen LogP contribution in [0, 0.1) is 0 Å². The predicted molar refractivity (Wildman–Crippen MR) is 101 cm³/mol. The van der Waals surface area contributed by atoms with Gasteiger partial charge < -0.3 is 25.3 Å². The van der Waals surface area contributed by atoms with Crippen LogP contribution in [-0.2, 0) is 23.9 Å². The number of hydrogen-bond acceptors (Lipinski definition) is 6. The molecule has 1 aliphatic carbocycles. The number of para-hydroxylation sites is 1. The molecule has 1 aromatic carbocycles. The number of primary amides is 1. The van der Waals surface area contributed by atoms with Crippen LogP contribution < -0.4 is 15.8 Å². The highest BCUT2D eigenvalue weighted by atomic mass is 16.6. The van der Waals surface area contributed by atoms with Gasteiger partial charge in [0.25, 0.3) is 0 Å². The van der Waals surface area contributed by atoms with Crippen molar-refractivity contribution in [1.29, 1.82) is 0 Å². The van der Waals surface area contributed by atoms with Gasteiger partial charge in [-0.3, -0.25) is 9.59 Å². The molecule has 0 saturated heterocycles. The fourth-order valence-corrected chi connectivity index (χ4v) is 2.86. The number of hydrogen-bond donors (Lipinski definition) is 2. The maximum Gasteiger partial charge on any atom is 0.344 e. The largest absolute Gasteiger partial charge is 0.482 e. The summed E-state index contributed by atoms with van der Waals surface area (Å²) in [5.74, 6) is -0.852.